The second kappa shape index (κ2) is 5.73. The zero-order valence-corrected chi connectivity index (χ0v) is 12.3. The molecule has 0 atom stereocenters. The van der Waals surface area contributed by atoms with E-state index < -0.39 is 0 Å². The fraction of sp³-hybridized carbons (Fsp3) is 0.312. The molecule has 1 aromatic carbocycles. The van der Waals surface area contributed by atoms with Crippen LogP contribution in [0.25, 0.3) is 11.4 Å². The highest BCUT2D eigenvalue weighted by molar-refractivity contribution is 5.54. The van der Waals surface area contributed by atoms with Gasteiger partial charge in [-0.2, -0.15) is 5.10 Å². The second-order valence-electron chi connectivity index (χ2n) is 5.50. The van der Waals surface area contributed by atoms with Crippen molar-refractivity contribution in [3.63, 3.8) is 0 Å². The molecule has 0 saturated carbocycles. The number of benzene rings is 1. The lowest BCUT2D eigenvalue weighted by Crippen LogP contribution is -2.27. The molecule has 0 spiro atoms. The van der Waals surface area contributed by atoms with E-state index >= 15 is 0 Å². The predicted molar refractivity (Wildman–Crippen MR) is 83.0 cm³/mol. The lowest BCUT2D eigenvalue weighted by atomic mass is 10.2. The summed E-state index contributed by atoms with van der Waals surface area (Å²) < 4.78 is 2.05. The van der Waals surface area contributed by atoms with Gasteiger partial charge in [-0.25, -0.2) is 14.6 Å². The summed E-state index contributed by atoms with van der Waals surface area (Å²) in [5, 5.41) is 4.67. The SMILES string of the molecule is c1ccc(-c2nc3n(n2)CCN(Cc2ncc[nH]2)CC3)cc1. The Bertz CT molecular complexity index is 706. The summed E-state index contributed by atoms with van der Waals surface area (Å²) in [5.41, 5.74) is 1.08. The molecular weight excluding hydrogens is 276 g/mol. The van der Waals surface area contributed by atoms with Crippen LogP contribution >= 0.6 is 0 Å². The van der Waals surface area contributed by atoms with Crippen LogP contribution in [-0.2, 0) is 19.5 Å². The van der Waals surface area contributed by atoms with Crippen molar-refractivity contribution >= 4 is 0 Å². The molecule has 0 amide bonds. The molecular formula is C16H18N6. The van der Waals surface area contributed by atoms with Gasteiger partial charge in [0.25, 0.3) is 0 Å². The average Bonchev–Trinajstić information content (AvgIpc) is 3.17. The minimum Gasteiger partial charge on any atom is -0.348 e. The normalized spacial score (nSPS) is 15.5. The van der Waals surface area contributed by atoms with Crippen molar-refractivity contribution in [2.45, 2.75) is 19.5 Å². The summed E-state index contributed by atoms with van der Waals surface area (Å²) in [4.78, 5) is 14.6. The van der Waals surface area contributed by atoms with E-state index in [2.05, 4.69) is 32.1 Å². The minimum absolute atomic E-state index is 0.829. The van der Waals surface area contributed by atoms with Gasteiger partial charge in [-0.1, -0.05) is 30.3 Å². The van der Waals surface area contributed by atoms with Gasteiger partial charge in [0.1, 0.15) is 11.6 Å². The van der Waals surface area contributed by atoms with E-state index in [-0.39, 0.29) is 0 Å². The summed E-state index contributed by atoms with van der Waals surface area (Å²) in [5.74, 6) is 2.91. The molecule has 0 bridgehead atoms. The molecule has 112 valence electrons. The molecule has 1 N–H and O–H groups in total. The third kappa shape index (κ3) is 2.65. The number of rotatable bonds is 3. The Morgan fingerprint density at radius 1 is 1.09 bits per heavy atom. The van der Waals surface area contributed by atoms with Gasteiger partial charge in [-0.3, -0.25) is 4.90 Å². The van der Waals surface area contributed by atoms with Crippen LogP contribution in [-0.4, -0.2) is 42.7 Å². The zero-order chi connectivity index (χ0) is 14.8. The monoisotopic (exact) mass is 294 g/mol. The summed E-state index contributed by atoms with van der Waals surface area (Å²) in [6.45, 7) is 3.66. The van der Waals surface area contributed by atoms with E-state index in [0.717, 1.165) is 55.6 Å². The van der Waals surface area contributed by atoms with Gasteiger partial charge >= 0.3 is 0 Å². The van der Waals surface area contributed by atoms with Crippen molar-refractivity contribution in [3.8, 4) is 11.4 Å². The van der Waals surface area contributed by atoms with E-state index in [1.807, 2.05) is 29.1 Å². The molecule has 1 aliphatic rings. The molecule has 0 unspecified atom stereocenters. The third-order valence-electron chi connectivity index (χ3n) is 3.99. The largest absolute Gasteiger partial charge is 0.348 e. The maximum atomic E-state index is 4.71. The summed E-state index contributed by atoms with van der Waals surface area (Å²) >= 11 is 0. The van der Waals surface area contributed by atoms with E-state index in [1.54, 1.807) is 6.20 Å². The van der Waals surface area contributed by atoms with Crippen LogP contribution in [0.15, 0.2) is 42.7 Å². The van der Waals surface area contributed by atoms with Crippen LogP contribution in [0, 0.1) is 0 Å². The molecule has 0 aliphatic carbocycles. The van der Waals surface area contributed by atoms with Gasteiger partial charge in [0, 0.05) is 37.5 Å². The van der Waals surface area contributed by atoms with Crippen molar-refractivity contribution in [2.24, 2.45) is 0 Å². The molecule has 3 aromatic rings. The van der Waals surface area contributed by atoms with Gasteiger partial charge < -0.3 is 4.98 Å². The highest BCUT2D eigenvalue weighted by Gasteiger charge is 2.18. The number of aromatic amines is 1. The van der Waals surface area contributed by atoms with Gasteiger partial charge in [0.05, 0.1) is 13.1 Å². The van der Waals surface area contributed by atoms with Gasteiger partial charge in [0.15, 0.2) is 5.82 Å². The maximum Gasteiger partial charge on any atom is 0.181 e. The Balaban J connectivity index is 1.49. The molecule has 0 radical (unpaired) electrons. The Hall–Kier alpha value is -2.47. The van der Waals surface area contributed by atoms with Crippen molar-refractivity contribution in [3.05, 3.63) is 54.4 Å². The highest BCUT2D eigenvalue weighted by atomic mass is 15.4. The van der Waals surface area contributed by atoms with E-state index in [4.69, 9.17) is 4.98 Å². The summed E-state index contributed by atoms with van der Waals surface area (Å²) in [6.07, 6.45) is 4.58. The van der Waals surface area contributed by atoms with E-state index in [0.29, 0.717) is 0 Å². The molecule has 0 fully saturated rings. The van der Waals surface area contributed by atoms with Crippen LogP contribution in [0.1, 0.15) is 11.6 Å². The first-order valence-corrected chi connectivity index (χ1v) is 7.58. The quantitative estimate of drug-likeness (QED) is 0.799. The number of nitrogens with one attached hydrogen (secondary N) is 1. The number of hydrogen-bond donors (Lipinski definition) is 1. The van der Waals surface area contributed by atoms with Gasteiger partial charge in [-0.05, 0) is 0 Å². The zero-order valence-electron chi connectivity index (χ0n) is 12.3. The molecule has 4 rings (SSSR count). The molecule has 0 saturated heterocycles. The van der Waals surface area contributed by atoms with Crippen LogP contribution < -0.4 is 0 Å². The number of fused-ring (bicyclic) bond motifs is 1. The average molecular weight is 294 g/mol. The molecule has 22 heavy (non-hydrogen) atoms. The summed E-state index contributed by atoms with van der Waals surface area (Å²) in [7, 11) is 0. The lowest BCUT2D eigenvalue weighted by molar-refractivity contribution is 0.263. The van der Waals surface area contributed by atoms with Crippen LogP contribution in [0.5, 0.6) is 0 Å². The van der Waals surface area contributed by atoms with Crippen molar-refractivity contribution in [2.75, 3.05) is 13.1 Å². The molecule has 3 heterocycles. The summed E-state index contributed by atoms with van der Waals surface area (Å²) in [6, 6.07) is 10.2. The number of imidazole rings is 1. The van der Waals surface area contributed by atoms with E-state index in [9.17, 15) is 0 Å². The lowest BCUT2D eigenvalue weighted by Gasteiger charge is -2.17. The predicted octanol–water partition coefficient (Wildman–Crippen LogP) is 1.73. The third-order valence-corrected chi connectivity index (χ3v) is 3.99. The Morgan fingerprint density at radius 2 is 2.00 bits per heavy atom. The highest BCUT2D eigenvalue weighted by Crippen LogP contribution is 2.17. The van der Waals surface area contributed by atoms with Crippen LogP contribution in [0.2, 0.25) is 0 Å². The van der Waals surface area contributed by atoms with Crippen molar-refractivity contribution in [1.82, 2.24) is 29.6 Å². The standard InChI is InChI=1S/C16H18N6/c1-2-4-13(5-3-1)16-19-15-6-9-21(10-11-22(15)20-16)12-14-17-7-8-18-14/h1-5,7-8H,6,9-12H2,(H,17,18). The number of H-pyrrole nitrogens is 1. The Labute approximate surface area is 128 Å². The number of nitrogens with zero attached hydrogens (tertiary/aromatic N) is 5. The fourth-order valence-corrected chi connectivity index (χ4v) is 2.81. The fourth-order valence-electron chi connectivity index (χ4n) is 2.81. The number of hydrogen-bond acceptors (Lipinski definition) is 4. The molecule has 6 nitrogen and oxygen atoms in total. The second-order valence-corrected chi connectivity index (χ2v) is 5.50. The molecule has 1 aliphatic heterocycles. The van der Waals surface area contributed by atoms with Crippen molar-refractivity contribution in [1.29, 1.82) is 0 Å². The van der Waals surface area contributed by atoms with Gasteiger partial charge in [-0.15, -0.1) is 0 Å². The first kappa shape index (κ1) is 13.2. The van der Waals surface area contributed by atoms with Crippen LogP contribution in [0.4, 0.5) is 0 Å². The first-order valence-electron chi connectivity index (χ1n) is 7.58. The topological polar surface area (TPSA) is 62.6 Å². The number of aromatic nitrogens is 5. The Morgan fingerprint density at radius 3 is 2.82 bits per heavy atom. The molecule has 6 heteroatoms. The van der Waals surface area contributed by atoms with Gasteiger partial charge in [0.2, 0.25) is 0 Å². The first-order chi connectivity index (χ1) is 10.9. The van der Waals surface area contributed by atoms with E-state index in [1.165, 1.54) is 0 Å². The maximum absolute atomic E-state index is 4.71. The Kier molecular flexibility index (Phi) is 3.44. The smallest absolute Gasteiger partial charge is 0.181 e. The van der Waals surface area contributed by atoms with Crippen molar-refractivity contribution < 1.29 is 0 Å². The minimum atomic E-state index is 0.829. The van der Waals surface area contributed by atoms with Crippen LogP contribution in [0.3, 0.4) is 0 Å². The molecule has 2 aromatic heterocycles.